The summed E-state index contributed by atoms with van der Waals surface area (Å²) in [5.41, 5.74) is 2.67. The summed E-state index contributed by atoms with van der Waals surface area (Å²) < 4.78 is 8.69. The van der Waals surface area contributed by atoms with E-state index in [1.807, 2.05) is 41.8 Å². The van der Waals surface area contributed by atoms with Gasteiger partial charge < -0.3 is 9.84 Å². The summed E-state index contributed by atoms with van der Waals surface area (Å²) >= 11 is 1.50. The van der Waals surface area contributed by atoms with Gasteiger partial charge in [0, 0.05) is 11.6 Å². The lowest BCUT2D eigenvalue weighted by Crippen LogP contribution is -2.19. The fraction of sp³-hybridized carbons (Fsp3) is 0.143. The molecule has 0 saturated carbocycles. The van der Waals surface area contributed by atoms with Crippen molar-refractivity contribution < 1.29 is 9.84 Å². The zero-order valence-corrected chi connectivity index (χ0v) is 16.6. The molecule has 30 heavy (non-hydrogen) atoms. The van der Waals surface area contributed by atoms with Gasteiger partial charge in [0.1, 0.15) is 22.9 Å². The van der Waals surface area contributed by atoms with Crippen LogP contribution in [0.25, 0.3) is 26.9 Å². The number of hydrogen-bond acceptors (Lipinski definition) is 7. The lowest BCUT2D eigenvalue weighted by molar-refractivity contribution is 0.201. The van der Waals surface area contributed by atoms with E-state index in [1.54, 1.807) is 27.7 Å². The Hall–Kier alpha value is -3.56. The van der Waals surface area contributed by atoms with E-state index >= 15 is 0 Å². The van der Waals surface area contributed by atoms with Gasteiger partial charge in [-0.3, -0.25) is 14.3 Å². The molecule has 1 aromatic carbocycles. The van der Waals surface area contributed by atoms with Crippen molar-refractivity contribution in [1.29, 1.82) is 0 Å². The minimum Gasteiger partial charge on any atom is -0.490 e. The second kappa shape index (κ2) is 7.69. The van der Waals surface area contributed by atoms with Gasteiger partial charge >= 0.3 is 0 Å². The van der Waals surface area contributed by atoms with Crippen molar-refractivity contribution in [3.05, 3.63) is 76.2 Å². The number of benzene rings is 1. The Kier molecular flexibility index (Phi) is 4.74. The van der Waals surface area contributed by atoms with Crippen LogP contribution in [-0.2, 0) is 6.54 Å². The summed E-state index contributed by atoms with van der Waals surface area (Å²) in [6.07, 6.45) is 3.36. The molecule has 5 rings (SSSR count). The van der Waals surface area contributed by atoms with Crippen molar-refractivity contribution >= 4 is 33.3 Å². The molecule has 0 unspecified atom stereocenters. The fourth-order valence-electron chi connectivity index (χ4n) is 3.35. The highest BCUT2D eigenvalue weighted by Gasteiger charge is 2.13. The van der Waals surface area contributed by atoms with Crippen LogP contribution in [-0.4, -0.2) is 42.9 Å². The maximum atomic E-state index is 13.1. The number of aromatic nitrogens is 5. The van der Waals surface area contributed by atoms with Crippen LogP contribution in [0.3, 0.4) is 0 Å². The molecule has 0 bridgehead atoms. The number of fused-ring (bicyclic) bond motifs is 2. The zero-order chi connectivity index (χ0) is 20.5. The molecule has 0 saturated heterocycles. The Morgan fingerprint density at radius 1 is 1.13 bits per heavy atom. The molecule has 4 aromatic heterocycles. The molecule has 0 atom stereocenters. The minimum atomic E-state index is -0.151. The molecule has 0 fully saturated rings. The molecule has 0 aliphatic rings. The van der Waals surface area contributed by atoms with E-state index in [4.69, 9.17) is 9.84 Å². The summed E-state index contributed by atoms with van der Waals surface area (Å²) in [6, 6.07) is 13.4. The second-order valence-electron chi connectivity index (χ2n) is 6.69. The average Bonchev–Trinajstić information content (AvgIpc) is 3.43. The monoisotopic (exact) mass is 419 g/mol. The maximum absolute atomic E-state index is 13.1. The molecule has 0 aliphatic heterocycles. The number of nitrogens with zero attached hydrogens (tertiary/aromatic N) is 5. The number of pyridine rings is 2. The quantitative estimate of drug-likeness (QED) is 0.455. The molecule has 0 spiro atoms. The molecule has 8 nitrogen and oxygen atoms in total. The van der Waals surface area contributed by atoms with E-state index in [1.165, 1.54) is 11.3 Å². The Balaban J connectivity index is 1.53. The lowest BCUT2D eigenvalue weighted by Gasteiger charge is -2.08. The van der Waals surface area contributed by atoms with Crippen molar-refractivity contribution in [2.24, 2.45) is 0 Å². The number of hydrogen-bond donors (Lipinski definition) is 1. The molecular weight excluding hydrogens is 402 g/mol. The highest BCUT2D eigenvalue weighted by Crippen LogP contribution is 2.21. The molecule has 150 valence electrons. The van der Waals surface area contributed by atoms with Crippen LogP contribution in [0.5, 0.6) is 5.75 Å². The lowest BCUT2D eigenvalue weighted by atomic mass is 10.1. The van der Waals surface area contributed by atoms with Crippen LogP contribution >= 0.6 is 11.3 Å². The van der Waals surface area contributed by atoms with E-state index in [2.05, 4.69) is 15.3 Å². The van der Waals surface area contributed by atoms with Gasteiger partial charge in [-0.05, 0) is 47.3 Å². The molecule has 9 heteroatoms. The van der Waals surface area contributed by atoms with E-state index in [9.17, 15) is 4.79 Å². The van der Waals surface area contributed by atoms with Crippen molar-refractivity contribution in [3.8, 4) is 10.8 Å². The molecule has 0 aliphatic carbocycles. The molecule has 4 heterocycles. The molecule has 0 radical (unpaired) electrons. The van der Waals surface area contributed by atoms with Crippen LogP contribution in [0.15, 0.2) is 65.0 Å². The Bertz CT molecular complexity index is 1390. The topological polar surface area (TPSA) is 95.1 Å². The van der Waals surface area contributed by atoms with Crippen molar-refractivity contribution in [2.75, 3.05) is 13.2 Å². The SMILES string of the molecule is O=c1c2c(ccn1-c1cccs1)nnn2Cc1ccc2ncc(OCCO)cc2c1. The van der Waals surface area contributed by atoms with Crippen LogP contribution in [0, 0.1) is 0 Å². The van der Waals surface area contributed by atoms with E-state index in [0.29, 0.717) is 23.3 Å². The number of ether oxygens (including phenoxy) is 1. The summed E-state index contributed by atoms with van der Waals surface area (Å²) in [4.78, 5) is 17.5. The van der Waals surface area contributed by atoms with Crippen LogP contribution in [0.2, 0.25) is 0 Å². The first-order chi connectivity index (χ1) is 14.7. The van der Waals surface area contributed by atoms with Crippen LogP contribution in [0.4, 0.5) is 0 Å². The van der Waals surface area contributed by atoms with Crippen molar-refractivity contribution in [2.45, 2.75) is 6.54 Å². The normalized spacial score (nSPS) is 11.4. The van der Waals surface area contributed by atoms with Gasteiger partial charge in [0.2, 0.25) is 0 Å². The van der Waals surface area contributed by atoms with Gasteiger partial charge in [-0.2, -0.15) is 0 Å². The molecule has 5 aromatic rings. The Labute approximate surface area is 174 Å². The van der Waals surface area contributed by atoms with Gasteiger partial charge in [-0.1, -0.05) is 11.3 Å². The molecular formula is C21H17N5O3S. The maximum Gasteiger partial charge on any atom is 0.283 e. The van der Waals surface area contributed by atoms with E-state index < -0.39 is 0 Å². The number of aliphatic hydroxyl groups is 1. The first-order valence-corrected chi connectivity index (χ1v) is 10.2. The predicted molar refractivity (Wildman–Crippen MR) is 114 cm³/mol. The predicted octanol–water partition coefficient (Wildman–Crippen LogP) is 2.61. The van der Waals surface area contributed by atoms with Gasteiger partial charge in [0.25, 0.3) is 5.56 Å². The van der Waals surface area contributed by atoms with E-state index in [0.717, 1.165) is 21.5 Å². The van der Waals surface area contributed by atoms with Gasteiger partial charge in [-0.25, -0.2) is 4.68 Å². The first kappa shape index (κ1) is 18.5. The Morgan fingerprint density at radius 3 is 2.90 bits per heavy atom. The summed E-state index contributed by atoms with van der Waals surface area (Å²) in [5.74, 6) is 0.596. The highest BCUT2D eigenvalue weighted by molar-refractivity contribution is 7.12. The standard InChI is InChI=1S/C21H17N5O3S/c27-7-8-29-16-11-15-10-14(3-4-17(15)22-12-16)13-26-20-18(23-24-26)5-6-25(21(20)28)19-2-1-9-30-19/h1-6,9-12,27H,7-8,13H2. The third-order valence-electron chi connectivity index (χ3n) is 4.72. The zero-order valence-electron chi connectivity index (χ0n) is 15.8. The largest absolute Gasteiger partial charge is 0.490 e. The summed E-state index contributed by atoms with van der Waals surface area (Å²) in [6.45, 7) is 0.562. The van der Waals surface area contributed by atoms with Crippen molar-refractivity contribution in [3.63, 3.8) is 0 Å². The third kappa shape index (κ3) is 3.34. The number of thiophene rings is 1. The smallest absolute Gasteiger partial charge is 0.283 e. The van der Waals surface area contributed by atoms with Crippen LogP contribution < -0.4 is 10.3 Å². The summed E-state index contributed by atoms with van der Waals surface area (Å²) in [7, 11) is 0. The van der Waals surface area contributed by atoms with Gasteiger partial charge in [-0.15, -0.1) is 16.4 Å². The van der Waals surface area contributed by atoms with Gasteiger partial charge in [0.15, 0.2) is 5.52 Å². The fourth-order valence-corrected chi connectivity index (χ4v) is 4.06. The first-order valence-electron chi connectivity index (χ1n) is 9.34. The average molecular weight is 419 g/mol. The Morgan fingerprint density at radius 2 is 2.07 bits per heavy atom. The molecule has 1 N–H and O–H groups in total. The van der Waals surface area contributed by atoms with E-state index in [-0.39, 0.29) is 18.8 Å². The number of aliphatic hydroxyl groups excluding tert-OH is 1. The number of rotatable bonds is 6. The van der Waals surface area contributed by atoms with Gasteiger partial charge in [0.05, 0.1) is 24.9 Å². The second-order valence-corrected chi connectivity index (χ2v) is 7.62. The minimum absolute atomic E-state index is 0.0551. The van der Waals surface area contributed by atoms with Crippen molar-refractivity contribution in [1.82, 2.24) is 24.5 Å². The van der Waals surface area contributed by atoms with Crippen LogP contribution in [0.1, 0.15) is 5.56 Å². The molecule has 0 amide bonds. The third-order valence-corrected chi connectivity index (χ3v) is 5.59. The highest BCUT2D eigenvalue weighted by atomic mass is 32.1. The summed E-state index contributed by atoms with van der Waals surface area (Å²) in [5, 5.41) is 21.0.